The molecule has 0 saturated carbocycles. The number of hydrogen-bond donors (Lipinski definition) is 2. The third kappa shape index (κ3) is 3.41. The maximum absolute atomic E-state index is 14.7. The van der Waals surface area contributed by atoms with Gasteiger partial charge in [-0.25, -0.2) is 9.18 Å². The number of alkyl halides is 1. The normalized spacial score (nSPS) is 24.0. The Morgan fingerprint density at radius 1 is 1.21 bits per heavy atom. The highest BCUT2D eigenvalue weighted by Gasteiger charge is 2.45. The number of ether oxygens (including phenoxy) is 1. The Bertz CT molecular complexity index is 1100. The van der Waals surface area contributed by atoms with Crippen LogP contribution in [0, 0.1) is 0 Å². The summed E-state index contributed by atoms with van der Waals surface area (Å²) in [5.41, 5.74) is -0.00412. The topological polar surface area (TPSA) is 93.5 Å². The number of hydrogen-bond acceptors (Lipinski definition) is 5. The molecule has 0 bridgehead atoms. The van der Waals surface area contributed by atoms with Gasteiger partial charge in [-0.15, -0.1) is 0 Å². The zero-order chi connectivity index (χ0) is 20.5. The van der Waals surface area contributed by atoms with Crippen LogP contribution in [0.2, 0.25) is 0 Å². The molecule has 150 valence electrons. The lowest BCUT2D eigenvalue weighted by molar-refractivity contribution is -0.0255. The number of nitrogens with one attached hydrogen (secondary N) is 1. The predicted octanol–water partition coefficient (Wildman–Crippen LogP) is 2.66. The Morgan fingerprint density at radius 3 is 2.59 bits per heavy atom. The lowest BCUT2D eigenvalue weighted by Crippen LogP contribution is -2.34. The summed E-state index contributed by atoms with van der Waals surface area (Å²) in [5.74, 6) is -0.334. The number of anilines is 1. The number of para-hydroxylation sites is 1. The van der Waals surface area contributed by atoms with Crippen molar-refractivity contribution in [2.24, 2.45) is 0 Å². The van der Waals surface area contributed by atoms with E-state index in [4.69, 9.17) is 4.74 Å². The van der Waals surface area contributed by atoms with Crippen molar-refractivity contribution in [3.8, 4) is 0 Å². The van der Waals surface area contributed by atoms with Crippen LogP contribution in [0.15, 0.2) is 59.4 Å². The number of nitrogens with zero attached hydrogens (tertiary/aromatic N) is 2. The second-order valence-electron chi connectivity index (χ2n) is 6.86. The minimum absolute atomic E-state index is 0.0803. The van der Waals surface area contributed by atoms with Crippen LogP contribution >= 0.6 is 0 Å². The molecule has 4 atom stereocenters. The Kier molecular flexibility index (Phi) is 5.12. The number of fused-ring (bicyclic) bond motifs is 1. The summed E-state index contributed by atoms with van der Waals surface area (Å²) in [6, 6.07) is 15.3. The molecule has 1 saturated heterocycles. The molecular formula is C21H20FN3O4. The molecule has 4 rings (SSSR count). The predicted molar refractivity (Wildman–Crippen MR) is 106 cm³/mol. The van der Waals surface area contributed by atoms with E-state index in [-0.39, 0.29) is 5.82 Å². The number of halogens is 1. The summed E-state index contributed by atoms with van der Waals surface area (Å²) in [6.45, 7) is 1.77. The van der Waals surface area contributed by atoms with E-state index in [1.165, 1.54) is 0 Å². The molecular weight excluding hydrogens is 377 g/mol. The lowest BCUT2D eigenvalue weighted by atomic mass is 10.1. The number of benzene rings is 2. The van der Waals surface area contributed by atoms with Crippen LogP contribution < -0.4 is 11.0 Å². The number of aliphatic hydroxyl groups excluding tert-OH is 1. The molecule has 29 heavy (non-hydrogen) atoms. The van der Waals surface area contributed by atoms with Crippen molar-refractivity contribution < 1.29 is 19.0 Å². The smallest absolute Gasteiger partial charge is 0.352 e. The van der Waals surface area contributed by atoms with Crippen LogP contribution in [0.25, 0.3) is 10.9 Å². The quantitative estimate of drug-likeness (QED) is 0.706. The van der Waals surface area contributed by atoms with Gasteiger partial charge in [-0.3, -0.25) is 9.36 Å². The lowest BCUT2D eigenvalue weighted by Gasteiger charge is -2.19. The minimum Gasteiger partial charge on any atom is -0.387 e. The van der Waals surface area contributed by atoms with Gasteiger partial charge in [-0.1, -0.05) is 37.3 Å². The molecule has 7 nitrogen and oxygen atoms in total. The van der Waals surface area contributed by atoms with Crippen molar-refractivity contribution in [2.75, 3.05) is 5.32 Å². The standard InChI is InChI=1S/C21H20FN3O4/c1-2-15-17(26)16(22)20(29-15)25-14-11-7-6-10-13(14)18(24-21(25)28)23-19(27)12-8-4-3-5-9-12/h3-11,15-17,20,26H,2H2,1H3,(H,23,24,27,28)/t15-,16-,17-,20-/m1/s1. The van der Waals surface area contributed by atoms with Gasteiger partial charge in [0.15, 0.2) is 12.4 Å². The Balaban J connectivity index is 1.78. The van der Waals surface area contributed by atoms with Crippen LogP contribution in [0.1, 0.15) is 29.9 Å². The zero-order valence-corrected chi connectivity index (χ0v) is 15.7. The van der Waals surface area contributed by atoms with E-state index in [1.807, 2.05) is 0 Å². The summed E-state index contributed by atoms with van der Waals surface area (Å²) >= 11 is 0. The monoisotopic (exact) mass is 397 g/mol. The second-order valence-corrected chi connectivity index (χ2v) is 6.86. The highest BCUT2D eigenvalue weighted by Crippen LogP contribution is 2.34. The van der Waals surface area contributed by atoms with Gasteiger partial charge in [-0.2, -0.15) is 4.98 Å². The van der Waals surface area contributed by atoms with Gasteiger partial charge in [0, 0.05) is 10.9 Å². The molecule has 2 N–H and O–H groups in total. The maximum atomic E-state index is 14.7. The first-order valence-corrected chi connectivity index (χ1v) is 9.36. The van der Waals surface area contributed by atoms with Crippen LogP contribution in [0.5, 0.6) is 0 Å². The molecule has 0 spiro atoms. The zero-order valence-electron chi connectivity index (χ0n) is 15.7. The van der Waals surface area contributed by atoms with E-state index in [9.17, 15) is 19.1 Å². The fraction of sp³-hybridized carbons (Fsp3) is 0.286. The third-order valence-electron chi connectivity index (χ3n) is 5.05. The van der Waals surface area contributed by atoms with Crippen molar-refractivity contribution in [1.82, 2.24) is 9.55 Å². The first-order valence-electron chi connectivity index (χ1n) is 9.36. The SMILES string of the molecule is CC[C@H]1O[C@@H](n2c(=O)nc(NC(=O)c3ccccc3)c3ccccc32)[C@H](F)[C@@H]1O. The second kappa shape index (κ2) is 7.73. The number of carbonyl (C=O) groups is 1. The number of aliphatic hydroxyl groups is 1. The van der Waals surface area contributed by atoms with Crippen molar-refractivity contribution in [2.45, 2.75) is 38.0 Å². The fourth-order valence-corrected chi connectivity index (χ4v) is 3.56. The largest absolute Gasteiger partial charge is 0.387 e. The molecule has 1 aromatic heterocycles. The van der Waals surface area contributed by atoms with Crippen molar-refractivity contribution >= 4 is 22.6 Å². The summed E-state index contributed by atoms with van der Waals surface area (Å²) in [6.07, 6.45) is -4.69. The molecule has 1 aliphatic rings. The van der Waals surface area contributed by atoms with Gasteiger partial charge in [0.2, 0.25) is 0 Å². The van der Waals surface area contributed by atoms with Crippen molar-refractivity contribution in [1.29, 1.82) is 0 Å². The molecule has 1 amide bonds. The number of rotatable bonds is 4. The molecule has 8 heteroatoms. The molecule has 1 fully saturated rings. The molecule has 0 unspecified atom stereocenters. The Labute approximate surface area is 165 Å². The highest BCUT2D eigenvalue weighted by atomic mass is 19.1. The molecule has 0 radical (unpaired) electrons. The van der Waals surface area contributed by atoms with E-state index in [1.54, 1.807) is 61.5 Å². The fourth-order valence-electron chi connectivity index (χ4n) is 3.56. The van der Waals surface area contributed by atoms with E-state index < -0.39 is 36.2 Å². The number of amides is 1. The first kappa shape index (κ1) is 19.2. The Morgan fingerprint density at radius 2 is 1.90 bits per heavy atom. The number of carbonyl (C=O) groups excluding carboxylic acids is 1. The Hall–Kier alpha value is -3.10. The maximum Gasteiger partial charge on any atom is 0.352 e. The minimum atomic E-state index is -1.77. The number of aromatic nitrogens is 2. The first-order chi connectivity index (χ1) is 14.0. The van der Waals surface area contributed by atoms with Gasteiger partial charge in [0.1, 0.15) is 11.9 Å². The van der Waals surface area contributed by atoms with Crippen LogP contribution in [0.4, 0.5) is 10.2 Å². The molecule has 2 heterocycles. The summed E-state index contributed by atoms with van der Waals surface area (Å²) in [7, 11) is 0. The van der Waals surface area contributed by atoms with Crippen molar-refractivity contribution in [3.63, 3.8) is 0 Å². The average molecular weight is 397 g/mol. The van der Waals surface area contributed by atoms with Gasteiger partial charge < -0.3 is 15.2 Å². The van der Waals surface area contributed by atoms with Gasteiger partial charge in [0.05, 0.1) is 11.6 Å². The molecule has 0 aliphatic carbocycles. The van der Waals surface area contributed by atoms with Crippen LogP contribution in [0.3, 0.4) is 0 Å². The average Bonchev–Trinajstić information content (AvgIpc) is 3.02. The van der Waals surface area contributed by atoms with Crippen LogP contribution in [-0.2, 0) is 4.74 Å². The van der Waals surface area contributed by atoms with E-state index in [2.05, 4.69) is 10.3 Å². The van der Waals surface area contributed by atoms with E-state index in [0.717, 1.165) is 4.57 Å². The van der Waals surface area contributed by atoms with E-state index >= 15 is 0 Å². The molecule has 3 aromatic rings. The van der Waals surface area contributed by atoms with E-state index in [0.29, 0.717) is 22.9 Å². The summed E-state index contributed by atoms with van der Waals surface area (Å²) in [4.78, 5) is 29.3. The van der Waals surface area contributed by atoms with Crippen LogP contribution in [-0.4, -0.2) is 38.9 Å². The van der Waals surface area contributed by atoms with Gasteiger partial charge in [-0.05, 0) is 30.7 Å². The molecule has 2 aromatic carbocycles. The van der Waals surface area contributed by atoms with Crippen molar-refractivity contribution in [3.05, 3.63) is 70.6 Å². The van der Waals surface area contributed by atoms with Gasteiger partial charge >= 0.3 is 5.69 Å². The summed E-state index contributed by atoms with van der Waals surface area (Å²) < 4.78 is 21.4. The summed E-state index contributed by atoms with van der Waals surface area (Å²) in [5, 5.41) is 13.2. The highest BCUT2D eigenvalue weighted by molar-refractivity contribution is 6.07. The third-order valence-corrected chi connectivity index (χ3v) is 5.05. The van der Waals surface area contributed by atoms with Gasteiger partial charge in [0.25, 0.3) is 5.91 Å². The molecule has 1 aliphatic heterocycles.